The van der Waals surface area contributed by atoms with Gasteiger partial charge in [-0.05, 0) is 57.1 Å². The molecule has 0 bridgehead atoms. The molecule has 0 spiro atoms. The van der Waals surface area contributed by atoms with Crippen LogP contribution < -0.4 is 10.6 Å². The molecule has 0 atom stereocenters. The number of piperidine rings is 1. The molecular formula is C20H24N6O. The van der Waals surface area contributed by atoms with E-state index in [0.29, 0.717) is 5.92 Å². The van der Waals surface area contributed by atoms with Gasteiger partial charge in [0.15, 0.2) is 5.65 Å². The summed E-state index contributed by atoms with van der Waals surface area (Å²) >= 11 is 0. The summed E-state index contributed by atoms with van der Waals surface area (Å²) in [5.41, 5.74) is 4.11. The standard InChI is InChI=1S/C20H24N6O/c1-13-22-16-5-2-4-15(16)18(23-13)25-10-7-14(8-11-25)12-26-19-17(24-20(26)27)6-3-9-21-19/h3,6,9,14H,2,4-5,7-8,10-12H2,1H3,(H,24,27). The molecule has 1 aliphatic heterocycles. The van der Waals surface area contributed by atoms with E-state index in [0.717, 1.165) is 68.1 Å². The Hall–Kier alpha value is -2.70. The number of nitrogens with one attached hydrogen (secondary N) is 1. The van der Waals surface area contributed by atoms with Gasteiger partial charge in [-0.15, -0.1) is 0 Å². The summed E-state index contributed by atoms with van der Waals surface area (Å²) in [7, 11) is 0. The molecule has 0 unspecified atom stereocenters. The SMILES string of the molecule is Cc1nc2c(c(N3CCC(Cn4c(=O)[nH]c5cccnc54)CC3)n1)CCC2. The van der Waals surface area contributed by atoms with Crippen LogP contribution in [0.15, 0.2) is 23.1 Å². The molecule has 0 amide bonds. The quantitative estimate of drug-likeness (QED) is 0.771. The van der Waals surface area contributed by atoms with Crippen molar-refractivity contribution in [3.63, 3.8) is 0 Å². The van der Waals surface area contributed by atoms with Crippen LogP contribution in [0.1, 0.15) is 36.3 Å². The molecule has 140 valence electrons. The largest absolute Gasteiger partial charge is 0.356 e. The maximum absolute atomic E-state index is 12.3. The molecule has 3 aromatic heterocycles. The topological polar surface area (TPSA) is 79.7 Å². The van der Waals surface area contributed by atoms with Crippen molar-refractivity contribution in [1.82, 2.24) is 24.5 Å². The smallest absolute Gasteiger partial charge is 0.327 e. The van der Waals surface area contributed by atoms with Crippen molar-refractivity contribution in [1.29, 1.82) is 0 Å². The minimum Gasteiger partial charge on any atom is -0.356 e. The zero-order valence-electron chi connectivity index (χ0n) is 15.6. The van der Waals surface area contributed by atoms with Gasteiger partial charge in [-0.1, -0.05) is 0 Å². The van der Waals surface area contributed by atoms with Gasteiger partial charge >= 0.3 is 5.69 Å². The second-order valence-corrected chi connectivity index (χ2v) is 7.72. The fraction of sp³-hybridized carbons (Fsp3) is 0.500. The Bertz CT molecular complexity index is 1040. The van der Waals surface area contributed by atoms with E-state index in [1.807, 2.05) is 19.1 Å². The molecule has 3 aromatic rings. The summed E-state index contributed by atoms with van der Waals surface area (Å²) in [5, 5.41) is 0. The predicted molar refractivity (Wildman–Crippen MR) is 104 cm³/mol. The second kappa shape index (κ2) is 6.48. The Morgan fingerprint density at radius 2 is 2.07 bits per heavy atom. The molecule has 7 heteroatoms. The molecule has 5 rings (SSSR count). The van der Waals surface area contributed by atoms with Gasteiger partial charge in [-0.25, -0.2) is 19.7 Å². The molecule has 4 heterocycles. The molecule has 1 saturated heterocycles. The number of rotatable bonds is 3. The van der Waals surface area contributed by atoms with Crippen molar-refractivity contribution < 1.29 is 0 Å². The van der Waals surface area contributed by atoms with Gasteiger partial charge in [0.1, 0.15) is 11.6 Å². The van der Waals surface area contributed by atoms with Crippen LogP contribution in [0.3, 0.4) is 0 Å². The average Bonchev–Trinajstić information content (AvgIpc) is 3.26. The Labute approximate surface area is 157 Å². The summed E-state index contributed by atoms with van der Waals surface area (Å²) in [6.45, 7) is 4.69. The fourth-order valence-corrected chi connectivity index (χ4v) is 4.54. The number of hydrogen-bond donors (Lipinski definition) is 1. The number of nitrogens with zero attached hydrogens (tertiary/aromatic N) is 5. The number of H-pyrrole nitrogens is 1. The third-order valence-corrected chi connectivity index (χ3v) is 5.91. The molecule has 27 heavy (non-hydrogen) atoms. The molecule has 1 N–H and O–H groups in total. The van der Waals surface area contributed by atoms with E-state index in [1.54, 1.807) is 10.8 Å². The molecule has 0 aromatic carbocycles. The zero-order chi connectivity index (χ0) is 18.4. The number of anilines is 1. The van der Waals surface area contributed by atoms with E-state index in [9.17, 15) is 4.79 Å². The van der Waals surface area contributed by atoms with E-state index in [4.69, 9.17) is 4.98 Å². The maximum Gasteiger partial charge on any atom is 0.327 e. The van der Waals surface area contributed by atoms with Crippen LogP contribution in [0.4, 0.5) is 5.82 Å². The minimum atomic E-state index is -0.0598. The average molecular weight is 364 g/mol. The van der Waals surface area contributed by atoms with Gasteiger partial charge in [0.2, 0.25) is 0 Å². The van der Waals surface area contributed by atoms with Crippen LogP contribution in [0.25, 0.3) is 11.2 Å². The lowest BCUT2D eigenvalue weighted by molar-refractivity contribution is 0.355. The normalized spacial score (nSPS) is 17.6. The van der Waals surface area contributed by atoms with Crippen LogP contribution in [-0.2, 0) is 19.4 Å². The number of fused-ring (bicyclic) bond motifs is 2. The number of hydrogen-bond acceptors (Lipinski definition) is 5. The minimum absolute atomic E-state index is 0.0598. The zero-order valence-corrected chi connectivity index (χ0v) is 15.6. The lowest BCUT2D eigenvalue weighted by atomic mass is 9.96. The summed E-state index contributed by atoms with van der Waals surface area (Å²) in [6, 6.07) is 3.75. The first-order valence-corrected chi connectivity index (χ1v) is 9.84. The fourth-order valence-electron chi connectivity index (χ4n) is 4.54. The first-order chi connectivity index (χ1) is 13.2. The number of aryl methyl sites for hydroxylation is 2. The van der Waals surface area contributed by atoms with Crippen molar-refractivity contribution in [2.75, 3.05) is 18.0 Å². The predicted octanol–water partition coefficient (Wildman–Crippen LogP) is 2.23. The lowest BCUT2D eigenvalue weighted by Crippen LogP contribution is -2.37. The molecule has 0 saturated carbocycles. The first kappa shape index (κ1) is 16.5. The highest BCUT2D eigenvalue weighted by Gasteiger charge is 2.26. The van der Waals surface area contributed by atoms with E-state index < -0.39 is 0 Å². The Morgan fingerprint density at radius 3 is 2.93 bits per heavy atom. The van der Waals surface area contributed by atoms with Crippen molar-refractivity contribution in [2.24, 2.45) is 5.92 Å². The third kappa shape index (κ3) is 2.91. The number of imidazole rings is 1. The van der Waals surface area contributed by atoms with E-state index in [2.05, 4.69) is 19.9 Å². The summed E-state index contributed by atoms with van der Waals surface area (Å²) in [4.78, 5) is 31.4. The maximum atomic E-state index is 12.3. The number of aromatic amines is 1. The summed E-state index contributed by atoms with van der Waals surface area (Å²) < 4.78 is 1.79. The molecule has 1 fully saturated rings. The van der Waals surface area contributed by atoms with Crippen molar-refractivity contribution in [2.45, 2.75) is 45.6 Å². The molecule has 1 aliphatic carbocycles. The van der Waals surface area contributed by atoms with Gasteiger partial charge in [0.05, 0.1) is 5.52 Å². The molecular weight excluding hydrogens is 340 g/mol. The summed E-state index contributed by atoms with van der Waals surface area (Å²) in [6.07, 6.45) is 7.23. The number of aromatic nitrogens is 5. The van der Waals surface area contributed by atoms with Gasteiger partial charge in [-0.3, -0.25) is 4.57 Å². The first-order valence-electron chi connectivity index (χ1n) is 9.84. The lowest BCUT2D eigenvalue weighted by Gasteiger charge is -2.34. The van der Waals surface area contributed by atoms with Crippen molar-refractivity contribution in [3.8, 4) is 0 Å². The van der Waals surface area contributed by atoms with Crippen LogP contribution in [-0.4, -0.2) is 37.6 Å². The highest BCUT2D eigenvalue weighted by molar-refractivity contribution is 5.69. The van der Waals surface area contributed by atoms with Gasteiger partial charge in [0, 0.05) is 37.1 Å². The van der Waals surface area contributed by atoms with Crippen LogP contribution >= 0.6 is 0 Å². The number of pyridine rings is 1. The Kier molecular flexibility index (Phi) is 3.95. The Morgan fingerprint density at radius 1 is 1.22 bits per heavy atom. The van der Waals surface area contributed by atoms with Gasteiger partial charge < -0.3 is 9.88 Å². The Balaban J connectivity index is 1.32. The van der Waals surface area contributed by atoms with E-state index in [1.165, 1.54) is 17.7 Å². The van der Waals surface area contributed by atoms with Crippen LogP contribution in [0, 0.1) is 12.8 Å². The summed E-state index contributed by atoms with van der Waals surface area (Å²) in [5.74, 6) is 2.51. The van der Waals surface area contributed by atoms with Crippen LogP contribution in [0.2, 0.25) is 0 Å². The molecule has 2 aliphatic rings. The van der Waals surface area contributed by atoms with E-state index >= 15 is 0 Å². The highest BCUT2D eigenvalue weighted by atomic mass is 16.1. The highest BCUT2D eigenvalue weighted by Crippen LogP contribution is 2.31. The van der Waals surface area contributed by atoms with Crippen LogP contribution in [0.5, 0.6) is 0 Å². The van der Waals surface area contributed by atoms with Gasteiger partial charge in [-0.2, -0.15) is 0 Å². The second-order valence-electron chi connectivity index (χ2n) is 7.72. The van der Waals surface area contributed by atoms with Gasteiger partial charge in [0.25, 0.3) is 0 Å². The molecule has 7 nitrogen and oxygen atoms in total. The van der Waals surface area contributed by atoms with E-state index in [-0.39, 0.29) is 5.69 Å². The molecule has 0 radical (unpaired) electrons. The monoisotopic (exact) mass is 364 g/mol. The van der Waals surface area contributed by atoms with Crippen molar-refractivity contribution in [3.05, 3.63) is 45.9 Å². The van der Waals surface area contributed by atoms with Crippen molar-refractivity contribution >= 4 is 17.0 Å². The third-order valence-electron chi connectivity index (χ3n) is 5.91.